The molecule has 1 amide bonds. The minimum Gasteiger partial charge on any atom is -0.507 e. The van der Waals surface area contributed by atoms with E-state index < -0.39 is 5.97 Å². The number of carboxylic acids is 1. The summed E-state index contributed by atoms with van der Waals surface area (Å²) in [5.41, 5.74) is 0.640. The van der Waals surface area contributed by atoms with Crippen molar-refractivity contribution >= 4 is 18.1 Å². The van der Waals surface area contributed by atoms with E-state index in [-0.39, 0.29) is 17.9 Å². The summed E-state index contributed by atoms with van der Waals surface area (Å²) in [6.07, 6.45) is 0.816. The minimum absolute atomic E-state index is 0.106. The van der Waals surface area contributed by atoms with Crippen molar-refractivity contribution in [2.75, 3.05) is 37.7 Å². The number of aromatic carboxylic acids is 1. The molecule has 21 heavy (non-hydrogen) atoms. The lowest BCUT2D eigenvalue weighted by molar-refractivity contribution is -0.118. The van der Waals surface area contributed by atoms with E-state index >= 15 is 0 Å². The first-order valence-corrected chi connectivity index (χ1v) is 6.65. The molecule has 7 heteroatoms. The highest BCUT2D eigenvalue weighted by molar-refractivity contribution is 5.92. The van der Waals surface area contributed by atoms with E-state index in [4.69, 9.17) is 10.2 Å². The topological polar surface area (TPSA) is 101 Å². The number of carboxylic acid groups (broad SMARTS) is 1. The number of piperazine rings is 1. The molecule has 1 heterocycles. The van der Waals surface area contributed by atoms with Gasteiger partial charge in [-0.3, -0.25) is 4.79 Å². The van der Waals surface area contributed by atoms with Gasteiger partial charge in [0.05, 0.1) is 0 Å². The van der Waals surface area contributed by atoms with Crippen molar-refractivity contribution in [2.24, 2.45) is 0 Å². The zero-order valence-electron chi connectivity index (χ0n) is 11.9. The van der Waals surface area contributed by atoms with Gasteiger partial charge < -0.3 is 25.1 Å². The third-order valence-corrected chi connectivity index (χ3v) is 3.04. The van der Waals surface area contributed by atoms with E-state index in [0.29, 0.717) is 26.2 Å². The standard InChI is InChI=1S/C12H14N2O4.C2H6O/c15-8-13-3-5-14(6-4-13)9-1-2-11(16)10(7-9)12(17)18;1-2-3/h1-2,7-8,16H,3-6H2,(H,17,18);3H,2H2,1H3. The Hall–Kier alpha value is -2.28. The number of benzene rings is 1. The van der Waals surface area contributed by atoms with Gasteiger partial charge in [0.25, 0.3) is 0 Å². The number of aliphatic hydroxyl groups excluding tert-OH is 1. The maximum Gasteiger partial charge on any atom is 0.339 e. The molecule has 0 atom stereocenters. The van der Waals surface area contributed by atoms with Crippen LogP contribution in [0.4, 0.5) is 5.69 Å². The van der Waals surface area contributed by atoms with E-state index in [0.717, 1.165) is 12.1 Å². The summed E-state index contributed by atoms with van der Waals surface area (Å²) in [7, 11) is 0. The predicted molar refractivity (Wildman–Crippen MR) is 77.7 cm³/mol. The van der Waals surface area contributed by atoms with Crippen molar-refractivity contribution in [2.45, 2.75) is 6.92 Å². The number of aromatic hydroxyl groups is 1. The molecule has 0 unspecified atom stereocenters. The zero-order valence-corrected chi connectivity index (χ0v) is 11.9. The number of hydrogen-bond donors (Lipinski definition) is 3. The Kier molecular flexibility index (Phi) is 6.48. The number of amides is 1. The smallest absolute Gasteiger partial charge is 0.339 e. The van der Waals surface area contributed by atoms with Crippen LogP contribution < -0.4 is 4.90 Å². The summed E-state index contributed by atoms with van der Waals surface area (Å²) >= 11 is 0. The van der Waals surface area contributed by atoms with Gasteiger partial charge >= 0.3 is 5.97 Å². The maximum absolute atomic E-state index is 10.9. The lowest BCUT2D eigenvalue weighted by Gasteiger charge is -2.34. The van der Waals surface area contributed by atoms with Crippen LogP contribution in [0.5, 0.6) is 5.75 Å². The highest BCUT2D eigenvalue weighted by Gasteiger charge is 2.18. The minimum atomic E-state index is -1.15. The molecule has 2 rings (SSSR count). The van der Waals surface area contributed by atoms with Crippen molar-refractivity contribution in [3.63, 3.8) is 0 Å². The third kappa shape index (κ3) is 4.64. The summed E-state index contributed by atoms with van der Waals surface area (Å²) in [5.74, 6) is -1.39. The molecule has 1 aliphatic heterocycles. The van der Waals surface area contributed by atoms with E-state index in [9.17, 15) is 14.7 Å². The normalized spacial score (nSPS) is 14.2. The quantitative estimate of drug-likeness (QED) is 0.697. The molecule has 0 aromatic heterocycles. The van der Waals surface area contributed by atoms with Crippen molar-refractivity contribution in [1.29, 1.82) is 0 Å². The molecule has 7 nitrogen and oxygen atoms in total. The number of carbonyl (C=O) groups excluding carboxylic acids is 1. The molecular formula is C14H20N2O5. The second-order valence-corrected chi connectivity index (χ2v) is 4.45. The Labute approximate surface area is 123 Å². The van der Waals surface area contributed by atoms with Gasteiger partial charge in [0.1, 0.15) is 11.3 Å². The Morgan fingerprint density at radius 1 is 1.29 bits per heavy atom. The predicted octanol–water partition coefficient (Wildman–Crippen LogP) is 0.367. The summed E-state index contributed by atoms with van der Waals surface area (Å²) in [4.78, 5) is 25.2. The van der Waals surface area contributed by atoms with Crippen molar-refractivity contribution < 1.29 is 24.9 Å². The maximum atomic E-state index is 10.9. The van der Waals surface area contributed by atoms with Crippen LogP contribution in [0.25, 0.3) is 0 Å². The van der Waals surface area contributed by atoms with E-state index in [2.05, 4.69) is 0 Å². The first-order valence-electron chi connectivity index (χ1n) is 6.65. The van der Waals surface area contributed by atoms with Crippen LogP contribution >= 0.6 is 0 Å². The Bertz CT molecular complexity index is 484. The molecule has 0 bridgehead atoms. The summed E-state index contributed by atoms with van der Waals surface area (Å²) < 4.78 is 0. The SMILES string of the molecule is CCO.O=CN1CCN(c2ccc(O)c(C(=O)O)c2)CC1. The molecule has 1 aromatic rings. The number of rotatable bonds is 3. The van der Waals surface area contributed by atoms with Crippen LogP contribution in [0.2, 0.25) is 0 Å². The summed E-state index contributed by atoms with van der Waals surface area (Å²) in [5, 5.41) is 25.9. The molecule has 1 aromatic carbocycles. The molecule has 0 saturated carbocycles. The first kappa shape index (κ1) is 16.8. The van der Waals surface area contributed by atoms with Gasteiger partial charge in [0, 0.05) is 38.5 Å². The number of phenols is 1. The molecule has 116 valence electrons. The van der Waals surface area contributed by atoms with Crippen LogP contribution in [0, 0.1) is 0 Å². The summed E-state index contributed by atoms with van der Waals surface area (Å²) in [6, 6.07) is 4.51. The number of carbonyl (C=O) groups is 2. The van der Waals surface area contributed by atoms with Crippen molar-refractivity contribution in [3.05, 3.63) is 23.8 Å². The third-order valence-electron chi connectivity index (χ3n) is 3.04. The largest absolute Gasteiger partial charge is 0.507 e. The molecule has 0 radical (unpaired) electrons. The van der Waals surface area contributed by atoms with Crippen molar-refractivity contribution in [1.82, 2.24) is 4.90 Å². The lowest BCUT2D eigenvalue weighted by Crippen LogP contribution is -2.45. The first-order chi connectivity index (χ1) is 10.0. The van der Waals surface area contributed by atoms with E-state index in [1.54, 1.807) is 17.9 Å². The fourth-order valence-electron chi connectivity index (χ4n) is 1.98. The Balaban J connectivity index is 0.000000677. The van der Waals surface area contributed by atoms with Gasteiger partial charge in [-0.05, 0) is 25.1 Å². The van der Waals surface area contributed by atoms with Crippen LogP contribution in [0.15, 0.2) is 18.2 Å². The van der Waals surface area contributed by atoms with Gasteiger partial charge in [0.15, 0.2) is 0 Å². The summed E-state index contributed by atoms with van der Waals surface area (Å²) in [6.45, 7) is 4.48. The lowest BCUT2D eigenvalue weighted by atomic mass is 10.1. The number of hydrogen-bond acceptors (Lipinski definition) is 5. The Morgan fingerprint density at radius 3 is 2.33 bits per heavy atom. The fraction of sp³-hybridized carbons (Fsp3) is 0.429. The second-order valence-electron chi connectivity index (χ2n) is 4.45. The average molecular weight is 296 g/mol. The number of anilines is 1. The van der Waals surface area contributed by atoms with Crippen LogP contribution in [0.3, 0.4) is 0 Å². The van der Waals surface area contributed by atoms with Gasteiger partial charge in [-0.1, -0.05) is 0 Å². The van der Waals surface area contributed by atoms with E-state index in [1.807, 2.05) is 4.90 Å². The monoisotopic (exact) mass is 296 g/mol. The highest BCUT2D eigenvalue weighted by atomic mass is 16.4. The molecule has 1 saturated heterocycles. The molecule has 1 fully saturated rings. The molecular weight excluding hydrogens is 276 g/mol. The fourth-order valence-corrected chi connectivity index (χ4v) is 1.98. The van der Waals surface area contributed by atoms with Gasteiger partial charge in [-0.15, -0.1) is 0 Å². The Morgan fingerprint density at radius 2 is 1.86 bits per heavy atom. The molecule has 0 spiro atoms. The van der Waals surface area contributed by atoms with Gasteiger partial charge in [0.2, 0.25) is 6.41 Å². The van der Waals surface area contributed by atoms with Crippen LogP contribution in [-0.2, 0) is 4.79 Å². The van der Waals surface area contributed by atoms with Gasteiger partial charge in [-0.2, -0.15) is 0 Å². The van der Waals surface area contributed by atoms with Crippen LogP contribution in [-0.4, -0.2) is 65.4 Å². The highest BCUT2D eigenvalue weighted by Crippen LogP contribution is 2.24. The van der Waals surface area contributed by atoms with Gasteiger partial charge in [-0.25, -0.2) is 4.79 Å². The average Bonchev–Trinajstić information content (AvgIpc) is 2.48. The zero-order chi connectivity index (χ0) is 15.8. The number of aliphatic hydroxyl groups is 1. The molecule has 1 aliphatic rings. The van der Waals surface area contributed by atoms with Crippen LogP contribution in [0.1, 0.15) is 17.3 Å². The number of nitrogens with zero attached hydrogens (tertiary/aromatic N) is 2. The van der Waals surface area contributed by atoms with Crippen molar-refractivity contribution in [3.8, 4) is 5.75 Å². The molecule has 0 aliphatic carbocycles. The molecule has 3 N–H and O–H groups in total. The second kappa shape index (κ2) is 8.11. The van der Waals surface area contributed by atoms with E-state index in [1.165, 1.54) is 12.1 Å².